The molecule has 2 aromatic heterocycles. The molecule has 3 atom stereocenters. The molecule has 0 saturated carbocycles. The van der Waals surface area contributed by atoms with Crippen molar-refractivity contribution in [1.29, 1.82) is 0 Å². The lowest BCUT2D eigenvalue weighted by molar-refractivity contribution is -0.141. The van der Waals surface area contributed by atoms with E-state index in [1.807, 2.05) is 60.9 Å². The lowest BCUT2D eigenvalue weighted by atomic mass is 9.76. The Hall–Kier alpha value is -3.29. The van der Waals surface area contributed by atoms with Gasteiger partial charge in [-0.3, -0.25) is 14.4 Å². The van der Waals surface area contributed by atoms with Crippen molar-refractivity contribution in [3.63, 3.8) is 0 Å². The Balaban J connectivity index is 1.16. The van der Waals surface area contributed by atoms with E-state index in [0.717, 1.165) is 28.2 Å². The van der Waals surface area contributed by atoms with E-state index in [9.17, 15) is 14.4 Å². The summed E-state index contributed by atoms with van der Waals surface area (Å²) in [5.41, 5.74) is 2.21. The normalized spacial score (nSPS) is 19.8. The van der Waals surface area contributed by atoms with Crippen LogP contribution in [0.3, 0.4) is 0 Å². The van der Waals surface area contributed by atoms with Crippen LogP contribution in [-0.4, -0.2) is 62.5 Å². The molecule has 9 heteroatoms. The highest BCUT2D eigenvalue weighted by molar-refractivity contribution is 6.31. The Morgan fingerprint density at radius 2 is 1.38 bits per heavy atom. The highest BCUT2D eigenvalue weighted by Crippen LogP contribution is 2.38. The maximum Gasteiger partial charge on any atom is 0.270 e. The van der Waals surface area contributed by atoms with Crippen LogP contribution in [0.25, 0.3) is 21.8 Å². The van der Waals surface area contributed by atoms with Gasteiger partial charge < -0.3 is 19.8 Å². The molecule has 7 nitrogen and oxygen atoms in total. The van der Waals surface area contributed by atoms with Crippen LogP contribution in [0, 0.1) is 11.3 Å². The molecule has 2 N–H and O–H groups in total. The third-order valence-corrected chi connectivity index (χ3v) is 8.69. The number of fused-ring (bicyclic) bond motifs is 4. The number of carbonyl (C=O) groups is 3. The standard InChI is InChI=1S/C30H30Cl2N4O3/c1-30(2,3)22(13-27(37)25-8-16-4-6-18(31)10-23(16)33-25)28(38)35-14-21-12-20(35)15-36(21)29(39)26-9-17-5-7-19(32)11-24(17)34-26/h4-11,20-22,33-34H,12-15H2,1-3H3/t20-,21-,22+/m0/s1. The number of Topliss-reactive ketones (excluding diaryl/α,β-unsaturated/α-hetero) is 1. The quantitative estimate of drug-likeness (QED) is 0.278. The lowest BCUT2D eigenvalue weighted by Gasteiger charge is -2.39. The molecule has 2 saturated heterocycles. The highest BCUT2D eigenvalue weighted by Gasteiger charge is 2.50. The van der Waals surface area contributed by atoms with Crippen molar-refractivity contribution < 1.29 is 14.4 Å². The molecule has 2 bridgehead atoms. The molecule has 202 valence electrons. The fourth-order valence-electron chi connectivity index (χ4n) is 6.06. The van der Waals surface area contributed by atoms with Gasteiger partial charge in [-0.2, -0.15) is 0 Å². The van der Waals surface area contributed by atoms with E-state index in [4.69, 9.17) is 23.2 Å². The summed E-state index contributed by atoms with van der Waals surface area (Å²) in [5.74, 6) is -0.670. The Labute approximate surface area is 236 Å². The predicted molar refractivity (Wildman–Crippen MR) is 153 cm³/mol. The first-order valence-corrected chi connectivity index (χ1v) is 13.9. The second kappa shape index (κ2) is 9.42. The fraction of sp³-hybridized carbons (Fsp3) is 0.367. The first kappa shape index (κ1) is 26.0. The average Bonchev–Trinajstić information content (AvgIpc) is 3.66. The molecule has 0 aliphatic carbocycles. The predicted octanol–water partition coefficient (Wildman–Crippen LogP) is 6.32. The molecule has 6 rings (SSSR count). The van der Waals surface area contributed by atoms with Gasteiger partial charge in [-0.15, -0.1) is 0 Å². The van der Waals surface area contributed by atoms with Gasteiger partial charge in [0.1, 0.15) is 5.69 Å². The number of H-pyrrole nitrogens is 2. The molecule has 2 aliphatic rings. The number of halogens is 2. The van der Waals surface area contributed by atoms with Crippen molar-refractivity contribution in [3.8, 4) is 0 Å². The smallest absolute Gasteiger partial charge is 0.270 e. The van der Waals surface area contributed by atoms with Crippen molar-refractivity contribution in [3.05, 3.63) is 70.0 Å². The second-order valence-corrected chi connectivity index (χ2v) is 12.7. The fourth-order valence-corrected chi connectivity index (χ4v) is 6.41. The molecule has 0 spiro atoms. The SMILES string of the molecule is CC(C)(C)[C@H](CC(=O)c1cc2ccc(Cl)cc2[nH]1)C(=O)N1C[C@@H]2C[C@H]1CN2C(=O)c1cc2ccc(Cl)cc2[nH]1. The first-order chi connectivity index (χ1) is 18.5. The van der Waals surface area contributed by atoms with Crippen LogP contribution >= 0.6 is 23.2 Å². The molecular formula is C30H30Cl2N4O3. The molecule has 2 fully saturated rings. The number of benzene rings is 2. The number of rotatable bonds is 5. The summed E-state index contributed by atoms with van der Waals surface area (Å²) in [6.07, 6.45) is 0.855. The Morgan fingerprint density at radius 3 is 1.95 bits per heavy atom. The summed E-state index contributed by atoms with van der Waals surface area (Å²) in [6.45, 7) is 6.96. The number of hydrogen-bond acceptors (Lipinski definition) is 3. The number of piperazine rings is 1. The zero-order chi connectivity index (χ0) is 27.6. The number of carbonyl (C=O) groups excluding carboxylic acids is 3. The van der Waals surface area contributed by atoms with Gasteiger partial charge in [0.25, 0.3) is 5.91 Å². The number of hydrogen-bond donors (Lipinski definition) is 2. The molecule has 2 aliphatic heterocycles. The Bertz CT molecular complexity index is 1630. The van der Waals surface area contributed by atoms with Gasteiger partial charge in [-0.1, -0.05) is 56.1 Å². The lowest BCUT2D eigenvalue weighted by Crippen LogP contribution is -2.53. The van der Waals surface area contributed by atoms with Crippen molar-refractivity contribution in [2.75, 3.05) is 13.1 Å². The van der Waals surface area contributed by atoms with Gasteiger partial charge in [0.15, 0.2) is 5.78 Å². The summed E-state index contributed by atoms with van der Waals surface area (Å²) in [5, 5.41) is 3.04. The van der Waals surface area contributed by atoms with Crippen LogP contribution in [0.5, 0.6) is 0 Å². The molecule has 0 radical (unpaired) electrons. The molecular weight excluding hydrogens is 535 g/mol. The number of likely N-dealkylation sites (tertiary alicyclic amines) is 2. The van der Waals surface area contributed by atoms with Crippen molar-refractivity contribution in [2.24, 2.45) is 11.3 Å². The Morgan fingerprint density at radius 1 is 0.846 bits per heavy atom. The van der Waals surface area contributed by atoms with E-state index in [-0.39, 0.29) is 36.1 Å². The summed E-state index contributed by atoms with van der Waals surface area (Å²) in [4.78, 5) is 50.7. The maximum absolute atomic E-state index is 13.9. The zero-order valence-corrected chi connectivity index (χ0v) is 23.6. The number of nitrogens with zero attached hydrogens (tertiary/aromatic N) is 2. The summed E-state index contributed by atoms with van der Waals surface area (Å²) in [7, 11) is 0. The monoisotopic (exact) mass is 564 g/mol. The topological polar surface area (TPSA) is 89.3 Å². The van der Waals surface area contributed by atoms with E-state index in [0.29, 0.717) is 34.5 Å². The van der Waals surface area contributed by atoms with Gasteiger partial charge >= 0.3 is 0 Å². The zero-order valence-electron chi connectivity index (χ0n) is 22.1. The minimum atomic E-state index is -0.484. The minimum absolute atomic E-state index is 0.0186. The third kappa shape index (κ3) is 4.72. The van der Waals surface area contributed by atoms with Crippen LogP contribution < -0.4 is 0 Å². The number of amides is 2. The van der Waals surface area contributed by atoms with Crippen LogP contribution in [0.15, 0.2) is 48.5 Å². The largest absolute Gasteiger partial charge is 0.352 e. The number of ketones is 1. The molecule has 39 heavy (non-hydrogen) atoms. The second-order valence-electron chi connectivity index (χ2n) is 11.9. The van der Waals surface area contributed by atoms with E-state index in [1.165, 1.54) is 0 Å². The molecule has 0 unspecified atom stereocenters. The van der Waals surface area contributed by atoms with Crippen LogP contribution in [0.1, 0.15) is 54.6 Å². The average molecular weight is 566 g/mol. The van der Waals surface area contributed by atoms with Gasteiger partial charge in [-0.05, 0) is 48.2 Å². The van der Waals surface area contributed by atoms with Crippen molar-refractivity contribution in [2.45, 2.75) is 45.7 Å². The maximum atomic E-state index is 13.9. The molecule has 4 heterocycles. The minimum Gasteiger partial charge on any atom is -0.352 e. The summed E-state index contributed by atoms with van der Waals surface area (Å²) in [6, 6.07) is 14.5. The number of aromatic amines is 2. The van der Waals surface area contributed by atoms with Gasteiger partial charge in [0.05, 0.1) is 23.7 Å². The van der Waals surface area contributed by atoms with E-state index >= 15 is 0 Å². The van der Waals surface area contributed by atoms with E-state index in [2.05, 4.69) is 9.97 Å². The first-order valence-electron chi connectivity index (χ1n) is 13.2. The summed E-state index contributed by atoms with van der Waals surface area (Å²) >= 11 is 12.2. The van der Waals surface area contributed by atoms with E-state index in [1.54, 1.807) is 18.2 Å². The van der Waals surface area contributed by atoms with Gasteiger partial charge in [0, 0.05) is 51.4 Å². The van der Waals surface area contributed by atoms with E-state index < -0.39 is 11.3 Å². The van der Waals surface area contributed by atoms with Crippen LogP contribution in [0.2, 0.25) is 10.0 Å². The van der Waals surface area contributed by atoms with Crippen molar-refractivity contribution >= 4 is 62.6 Å². The van der Waals surface area contributed by atoms with Crippen molar-refractivity contribution in [1.82, 2.24) is 19.8 Å². The van der Waals surface area contributed by atoms with Gasteiger partial charge in [-0.25, -0.2) is 0 Å². The van der Waals surface area contributed by atoms with Crippen LogP contribution in [0.4, 0.5) is 0 Å². The number of aromatic nitrogens is 2. The number of nitrogens with one attached hydrogen (secondary N) is 2. The molecule has 2 aromatic carbocycles. The van der Waals surface area contributed by atoms with Gasteiger partial charge in [0.2, 0.25) is 5.91 Å². The summed E-state index contributed by atoms with van der Waals surface area (Å²) < 4.78 is 0. The van der Waals surface area contributed by atoms with Crippen LogP contribution in [-0.2, 0) is 4.79 Å². The highest BCUT2D eigenvalue weighted by atomic mass is 35.5. The molecule has 4 aromatic rings. The third-order valence-electron chi connectivity index (χ3n) is 8.22. The Kier molecular flexibility index (Phi) is 6.27. The molecule has 2 amide bonds.